The predicted octanol–water partition coefficient (Wildman–Crippen LogP) is 6.47. The first-order valence-corrected chi connectivity index (χ1v) is 11.6. The molecule has 0 saturated heterocycles. The van der Waals surface area contributed by atoms with Crippen LogP contribution in [0.4, 0.5) is 0 Å². The highest BCUT2D eigenvalue weighted by atomic mass is 32.2. The molecule has 6 heteroatoms. The van der Waals surface area contributed by atoms with Gasteiger partial charge in [-0.3, -0.25) is 4.55 Å². The second kappa shape index (κ2) is 10.7. The number of thiophene rings is 1. The number of hydrogen-bond donors (Lipinski definition) is 1. The van der Waals surface area contributed by atoms with Crippen LogP contribution in [-0.2, 0) is 16.5 Å². The number of para-hydroxylation sites is 1. The van der Waals surface area contributed by atoms with Crippen LogP contribution in [0.1, 0.15) is 63.9 Å². The Morgan fingerprint density at radius 3 is 2.27 bits per heavy atom. The van der Waals surface area contributed by atoms with Crippen LogP contribution < -0.4 is 4.74 Å². The van der Waals surface area contributed by atoms with Gasteiger partial charge in [0.2, 0.25) is 0 Å². The zero-order valence-corrected chi connectivity index (χ0v) is 16.9. The first-order chi connectivity index (χ1) is 12.5. The molecule has 1 aromatic carbocycles. The fraction of sp³-hybridized carbons (Fsp3) is 0.500. The van der Waals surface area contributed by atoms with E-state index in [1.807, 2.05) is 17.5 Å². The van der Waals surface area contributed by atoms with E-state index in [0.29, 0.717) is 5.06 Å². The first kappa shape index (κ1) is 20.9. The molecule has 144 valence electrons. The molecule has 1 heterocycles. The molecule has 0 amide bonds. The Morgan fingerprint density at radius 1 is 0.962 bits per heavy atom. The molecule has 1 aromatic heterocycles. The van der Waals surface area contributed by atoms with Crippen molar-refractivity contribution in [3.8, 4) is 10.8 Å². The molecule has 2 aromatic rings. The van der Waals surface area contributed by atoms with E-state index in [4.69, 9.17) is 4.74 Å². The molecule has 0 fully saturated rings. The number of unbranched alkanes of at least 4 members (excludes halogenated alkanes) is 7. The lowest BCUT2D eigenvalue weighted by Crippen LogP contribution is -2.03. The summed E-state index contributed by atoms with van der Waals surface area (Å²) in [5, 5.41) is 2.47. The van der Waals surface area contributed by atoms with Crippen molar-refractivity contribution < 1.29 is 17.7 Å². The van der Waals surface area contributed by atoms with E-state index in [-0.39, 0.29) is 10.6 Å². The standard InChI is InChI=1S/C20H28O4S2/c1-2-3-4-5-6-7-8-9-12-17-13-10-14-18(26(21,22)23)20(17)24-19-15-11-16-25-19/h10-11,13-16H,2-9,12H2,1H3,(H,21,22,23). The zero-order valence-electron chi connectivity index (χ0n) is 15.3. The van der Waals surface area contributed by atoms with Gasteiger partial charge >= 0.3 is 0 Å². The van der Waals surface area contributed by atoms with Crippen LogP contribution >= 0.6 is 11.3 Å². The minimum absolute atomic E-state index is 0.164. The van der Waals surface area contributed by atoms with Crippen molar-refractivity contribution in [2.24, 2.45) is 0 Å². The van der Waals surface area contributed by atoms with Crippen molar-refractivity contribution >= 4 is 21.5 Å². The maximum atomic E-state index is 11.7. The van der Waals surface area contributed by atoms with Crippen molar-refractivity contribution in [3.63, 3.8) is 0 Å². The van der Waals surface area contributed by atoms with E-state index in [1.54, 1.807) is 12.1 Å². The third-order valence-electron chi connectivity index (χ3n) is 4.34. The molecule has 0 saturated carbocycles. The van der Waals surface area contributed by atoms with E-state index in [1.165, 1.54) is 55.9 Å². The molecule has 0 bridgehead atoms. The lowest BCUT2D eigenvalue weighted by molar-refractivity contribution is 0.451. The highest BCUT2D eigenvalue weighted by Crippen LogP contribution is 2.35. The Kier molecular flexibility index (Phi) is 8.62. The van der Waals surface area contributed by atoms with Crippen molar-refractivity contribution in [2.45, 2.75) is 69.6 Å². The molecule has 1 N–H and O–H groups in total. The SMILES string of the molecule is CCCCCCCCCCc1cccc(S(=O)(=O)O)c1Oc1cccs1. The van der Waals surface area contributed by atoms with Crippen LogP contribution in [0.2, 0.25) is 0 Å². The Hall–Kier alpha value is -1.37. The molecular formula is C20H28O4S2. The summed E-state index contributed by atoms with van der Waals surface area (Å²) in [5.41, 5.74) is 0.819. The second-order valence-electron chi connectivity index (χ2n) is 6.48. The van der Waals surface area contributed by atoms with Gasteiger partial charge < -0.3 is 4.74 Å². The molecule has 0 aliphatic heterocycles. The van der Waals surface area contributed by atoms with E-state index in [9.17, 15) is 13.0 Å². The van der Waals surface area contributed by atoms with E-state index < -0.39 is 10.1 Å². The van der Waals surface area contributed by atoms with Crippen LogP contribution in [0, 0.1) is 0 Å². The van der Waals surface area contributed by atoms with Crippen molar-refractivity contribution in [1.82, 2.24) is 0 Å². The third-order valence-corrected chi connectivity index (χ3v) is 5.96. The van der Waals surface area contributed by atoms with Crippen molar-refractivity contribution in [3.05, 3.63) is 41.3 Å². The number of hydrogen-bond acceptors (Lipinski definition) is 4. The average Bonchev–Trinajstić information content (AvgIpc) is 3.10. The van der Waals surface area contributed by atoms with Crippen molar-refractivity contribution in [2.75, 3.05) is 0 Å². The fourth-order valence-corrected chi connectivity index (χ4v) is 4.19. The van der Waals surface area contributed by atoms with Crippen LogP contribution in [0.5, 0.6) is 10.8 Å². The summed E-state index contributed by atoms with van der Waals surface area (Å²) < 4.78 is 38.8. The third kappa shape index (κ3) is 6.74. The van der Waals surface area contributed by atoms with Gasteiger partial charge in [0, 0.05) is 0 Å². The fourth-order valence-electron chi connectivity index (χ4n) is 2.95. The van der Waals surface area contributed by atoms with Crippen LogP contribution in [-0.4, -0.2) is 13.0 Å². The molecular weight excluding hydrogens is 368 g/mol. The monoisotopic (exact) mass is 396 g/mol. The topological polar surface area (TPSA) is 63.6 Å². The Bertz CT molecular complexity index is 752. The highest BCUT2D eigenvalue weighted by molar-refractivity contribution is 7.86. The maximum absolute atomic E-state index is 11.7. The lowest BCUT2D eigenvalue weighted by atomic mass is 10.0. The van der Waals surface area contributed by atoms with E-state index in [2.05, 4.69) is 6.92 Å². The molecule has 0 atom stereocenters. The molecule has 0 radical (unpaired) electrons. The van der Waals surface area contributed by atoms with Crippen LogP contribution in [0.25, 0.3) is 0 Å². The summed E-state index contributed by atoms with van der Waals surface area (Å²) in [7, 11) is -4.33. The van der Waals surface area contributed by atoms with Gasteiger partial charge in [0.25, 0.3) is 10.1 Å². The van der Waals surface area contributed by atoms with Gasteiger partial charge in [-0.1, -0.05) is 64.0 Å². The molecule has 26 heavy (non-hydrogen) atoms. The van der Waals surface area contributed by atoms with Gasteiger partial charge in [0.15, 0.2) is 10.8 Å². The number of rotatable bonds is 12. The second-order valence-corrected chi connectivity index (χ2v) is 8.78. The van der Waals surface area contributed by atoms with Gasteiger partial charge in [-0.25, -0.2) is 0 Å². The van der Waals surface area contributed by atoms with Crippen LogP contribution in [0.3, 0.4) is 0 Å². The Morgan fingerprint density at radius 2 is 1.65 bits per heavy atom. The van der Waals surface area contributed by atoms with E-state index >= 15 is 0 Å². The van der Waals surface area contributed by atoms with Gasteiger partial charge in [-0.2, -0.15) is 8.42 Å². The van der Waals surface area contributed by atoms with Gasteiger partial charge in [0.05, 0.1) is 0 Å². The lowest BCUT2D eigenvalue weighted by Gasteiger charge is -2.13. The predicted molar refractivity (Wildman–Crippen MR) is 107 cm³/mol. The summed E-state index contributed by atoms with van der Waals surface area (Å²) in [4.78, 5) is -0.164. The Balaban J connectivity index is 1.98. The van der Waals surface area contributed by atoms with Gasteiger partial charge in [0.1, 0.15) is 4.90 Å². The van der Waals surface area contributed by atoms with Gasteiger partial charge in [-0.15, -0.1) is 11.3 Å². The average molecular weight is 397 g/mol. The van der Waals surface area contributed by atoms with Gasteiger partial charge in [-0.05, 0) is 42.0 Å². The molecule has 0 aliphatic carbocycles. The molecule has 0 unspecified atom stereocenters. The summed E-state index contributed by atoms with van der Waals surface area (Å²) in [5.74, 6) is 0.250. The molecule has 0 aliphatic rings. The summed E-state index contributed by atoms with van der Waals surface area (Å²) in [6, 6.07) is 8.54. The van der Waals surface area contributed by atoms with Crippen LogP contribution in [0.15, 0.2) is 40.6 Å². The maximum Gasteiger partial charge on any atom is 0.298 e. The minimum atomic E-state index is -4.33. The Labute approximate surface area is 161 Å². The molecule has 0 spiro atoms. The van der Waals surface area contributed by atoms with E-state index in [0.717, 1.165) is 24.8 Å². The largest absolute Gasteiger partial charge is 0.445 e. The minimum Gasteiger partial charge on any atom is -0.445 e. The first-order valence-electron chi connectivity index (χ1n) is 9.33. The summed E-state index contributed by atoms with van der Waals surface area (Å²) >= 11 is 1.39. The van der Waals surface area contributed by atoms with Crippen molar-refractivity contribution in [1.29, 1.82) is 0 Å². The smallest absolute Gasteiger partial charge is 0.298 e. The summed E-state index contributed by atoms with van der Waals surface area (Å²) in [6.07, 6.45) is 10.4. The highest BCUT2D eigenvalue weighted by Gasteiger charge is 2.20. The zero-order chi connectivity index (χ0) is 18.8. The summed E-state index contributed by atoms with van der Waals surface area (Å²) in [6.45, 7) is 2.22. The quantitative estimate of drug-likeness (QED) is 0.330. The normalized spacial score (nSPS) is 11.6. The number of ether oxygens (including phenoxy) is 1. The number of benzene rings is 1. The molecule has 2 rings (SSSR count). The molecule has 4 nitrogen and oxygen atoms in total. The number of aryl methyl sites for hydroxylation is 1.